The van der Waals surface area contributed by atoms with Crippen molar-refractivity contribution in [3.63, 3.8) is 0 Å². The summed E-state index contributed by atoms with van der Waals surface area (Å²) in [4.78, 5) is 14.4. The van der Waals surface area contributed by atoms with E-state index in [9.17, 15) is 4.79 Å². The second kappa shape index (κ2) is 4.36. The van der Waals surface area contributed by atoms with E-state index in [2.05, 4.69) is 41.5 Å². The summed E-state index contributed by atoms with van der Waals surface area (Å²) in [7, 11) is 0. The number of rotatable bonds is 0. The number of amides is 1. The van der Waals surface area contributed by atoms with Crippen molar-refractivity contribution in [1.82, 2.24) is 4.90 Å². The van der Waals surface area contributed by atoms with Crippen LogP contribution in [0.5, 0.6) is 0 Å². The molecular weight excluding hydrogens is 202 g/mol. The fraction of sp³-hybridized carbons (Fsp3) is 0.923. The van der Waals surface area contributed by atoms with E-state index in [-0.39, 0.29) is 22.8 Å². The van der Waals surface area contributed by atoms with Gasteiger partial charge in [0.05, 0.1) is 19.1 Å². The molecule has 3 heteroatoms. The number of hydrogen-bond acceptors (Lipinski definition) is 2. The minimum Gasteiger partial charge on any atom is -0.379 e. The van der Waals surface area contributed by atoms with E-state index in [1.54, 1.807) is 0 Å². The average Bonchev–Trinajstić information content (AvgIpc) is 2.23. The first-order chi connectivity index (χ1) is 7.14. The minimum atomic E-state index is -0.117. The van der Waals surface area contributed by atoms with Crippen LogP contribution in [-0.2, 0) is 9.53 Å². The molecule has 16 heavy (non-hydrogen) atoms. The highest BCUT2D eigenvalue weighted by atomic mass is 16.5. The van der Waals surface area contributed by atoms with Crippen molar-refractivity contribution in [2.45, 2.75) is 47.1 Å². The molecule has 0 radical (unpaired) electrons. The molecule has 1 atom stereocenters. The number of nitrogens with zero attached hydrogens (tertiary/aromatic N) is 1. The summed E-state index contributed by atoms with van der Waals surface area (Å²) < 4.78 is 5.57. The van der Waals surface area contributed by atoms with Crippen molar-refractivity contribution in [2.24, 2.45) is 11.3 Å². The lowest BCUT2D eigenvalue weighted by molar-refractivity contribution is -0.142. The lowest BCUT2D eigenvalue weighted by Gasteiger charge is -2.38. The van der Waals surface area contributed by atoms with Crippen LogP contribution in [0.1, 0.15) is 41.5 Å². The van der Waals surface area contributed by atoms with Gasteiger partial charge in [0.15, 0.2) is 0 Å². The lowest BCUT2D eigenvalue weighted by Crippen LogP contribution is -2.50. The van der Waals surface area contributed by atoms with Crippen molar-refractivity contribution in [2.75, 3.05) is 19.8 Å². The van der Waals surface area contributed by atoms with Crippen LogP contribution in [-0.4, -0.2) is 36.1 Å². The van der Waals surface area contributed by atoms with Gasteiger partial charge in [-0.15, -0.1) is 0 Å². The first-order valence-electron chi connectivity index (χ1n) is 6.03. The van der Waals surface area contributed by atoms with Gasteiger partial charge in [-0.1, -0.05) is 20.8 Å². The summed E-state index contributed by atoms with van der Waals surface area (Å²) in [5.74, 6) is 0.201. The van der Waals surface area contributed by atoms with E-state index in [4.69, 9.17) is 4.74 Å². The van der Waals surface area contributed by atoms with Gasteiger partial charge in [0.2, 0.25) is 5.91 Å². The Morgan fingerprint density at radius 1 is 1.19 bits per heavy atom. The normalized spacial score (nSPS) is 24.5. The fourth-order valence-corrected chi connectivity index (χ4v) is 2.01. The maximum absolute atomic E-state index is 12.5. The number of carbonyl (C=O) groups is 1. The molecule has 0 aromatic carbocycles. The molecule has 0 aliphatic carbocycles. The molecule has 1 fully saturated rings. The monoisotopic (exact) mass is 227 g/mol. The summed E-state index contributed by atoms with van der Waals surface area (Å²) in [5, 5.41) is 0. The van der Waals surface area contributed by atoms with Gasteiger partial charge in [-0.2, -0.15) is 0 Å². The zero-order valence-electron chi connectivity index (χ0n) is 11.5. The van der Waals surface area contributed by atoms with E-state index >= 15 is 0 Å². The van der Waals surface area contributed by atoms with Gasteiger partial charge in [0.1, 0.15) is 0 Å². The van der Waals surface area contributed by atoms with E-state index in [1.165, 1.54) is 0 Å². The van der Waals surface area contributed by atoms with Gasteiger partial charge in [-0.05, 0) is 26.2 Å². The standard InChI is InChI=1S/C13H25NO2/c1-12(2,3)10-9-16-8-7-14(11(10)15)13(4,5)6/h10H,7-9H2,1-6H3. The van der Waals surface area contributed by atoms with Gasteiger partial charge in [-0.3, -0.25) is 4.79 Å². The van der Waals surface area contributed by atoms with Crippen molar-refractivity contribution in [1.29, 1.82) is 0 Å². The Morgan fingerprint density at radius 3 is 2.19 bits per heavy atom. The predicted octanol–water partition coefficient (Wildman–Crippen LogP) is 2.31. The predicted molar refractivity (Wildman–Crippen MR) is 65.2 cm³/mol. The average molecular weight is 227 g/mol. The van der Waals surface area contributed by atoms with Crippen LogP contribution in [0, 0.1) is 11.3 Å². The van der Waals surface area contributed by atoms with Gasteiger partial charge < -0.3 is 9.64 Å². The quantitative estimate of drug-likeness (QED) is 0.635. The number of hydrogen-bond donors (Lipinski definition) is 0. The van der Waals surface area contributed by atoms with Crippen LogP contribution in [0.4, 0.5) is 0 Å². The fourth-order valence-electron chi connectivity index (χ4n) is 2.01. The second-order valence-electron chi connectivity index (χ2n) is 6.65. The Hall–Kier alpha value is -0.570. The Labute approximate surface area is 99.1 Å². The molecule has 1 rings (SSSR count). The SMILES string of the molecule is CC(C)(C)C1COCCN(C(C)(C)C)C1=O. The van der Waals surface area contributed by atoms with Crippen molar-refractivity contribution >= 4 is 5.91 Å². The molecule has 1 heterocycles. The third-order valence-corrected chi connectivity index (χ3v) is 3.16. The lowest BCUT2D eigenvalue weighted by atomic mass is 9.80. The van der Waals surface area contributed by atoms with Crippen molar-refractivity contribution in [3.05, 3.63) is 0 Å². The van der Waals surface area contributed by atoms with Gasteiger partial charge in [0, 0.05) is 12.1 Å². The Kier molecular flexibility index (Phi) is 3.68. The smallest absolute Gasteiger partial charge is 0.229 e. The molecule has 0 spiro atoms. The second-order valence-corrected chi connectivity index (χ2v) is 6.65. The summed E-state index contributed by atoms with van der Waals surface area (Å²) in [6, 6.07) is 0. The molecule has 0 aromatic heterocycles. The van der Waals surface area contributed by atoms with Gasteiger partial charge >= 0.3 is 0 Å². The molecule has 0 N–H and O–H groups in total. The first kappa shape index (κ1) is 13.5. The summed E-state index contributed by atoms with van der Waals surface area (Å²) in [5.41, 5.74) is -0.154. The molecule has 1 aliphatic heterocycles. The van der Waals surface area contributed by atoms with Gasteiger partial charge in [0.25, 0.3) is 0 Å². The third-order valence-electron chi connectivity index (χ3n) is 3.16. The highest BCUT2D eigenvalue weighted by Crippen LogP contribution is 2.31. The molecular formula is C13H25NO2. The van der Waals surface area contributed by atoms with Crippen LogP contribution >= 0.6 is 0 Å². The largest absolute Gasteiger partial charge is 0.379 e. The topological polar surface area (TPSA) is 29.5 Å². The molecule has 0 bridgehead atoms. The highest BCUT2D eigenvalue weighted by molar-refractivity contribution is 5.80. The highest BCUT2D eigenvalue weighted by Gasteiger charge is 2.39. The summed E-state index contributed by atoms with van der Waals surface area (Å²) in [6.45, 7) is 14.4. The van der Waals surface area contributed by atoms with Crippen LogP contribution in [0.2, 0.25) is 0 Å². The molecule has 1 aliphatic rings. The Morgan fingerprint density at radius 2 is 1.75 bits per heavy atom. The Bertz CT molecular complexity index is 234. The van der Waals surface area contributed by atoms with Crippen molar-refractivity contribution < 1.29 is 9.53 Å². The van der Waals surface area contributed by atoms with Crippen LogP contribution in [0.15, 0.2) is 0 Å². The molecule has 0 aromatic rings. The zero-order valence-corrected chi connectivity index (χ0v) is 11.5. The maximum Gasteiger partial charge on any atom is 0.229 e. The van der Waals surface area contributed by atoms with E-state index in [0.717, 1.165) is 0 Å². The van der Waals surface area contributed by atoms with Crippen LogP contribution < -0.4 is 0 Å². The zero-order chi connectivity index (χ0) is 12.6. The summed E-state index contributed by atoms with van der Waals surface area (Å²) in [6.07, 6.45) is 0. The minimum absolute atomic E-state index is 0.0331. The Balaban J connectivity index is 2.94. The maximum atomic E-state index is 12.5. The van der Waals surface area contributed by atoms with Crippen LogP contribution in [0.3, 0.4) is 0 Å². The molecule has 94 valence electrons. The van der Waals surface area contributed by atoms with Gasteiger partial charge in [-0.25, -0.2) is 0 Å². The molecule has 3 nitrogen and oxygen atoms in total. The molecule has 1 amide bonds. The number of ether oxygens (including phenoxy) is 1. The number of carbonyl (C=O) groups excluding carboxylic acids is 1. The van der Waals surface area contributed by atoms with Crippen molar-refractivity contribution in [3.8, 4) is 0 Å². The third kappa shape index (κ3) is 2.97. The van der Waals surface area contributed by atoms with E-state index in [1.807, 2.05) is 4.90 Å². The molecule has 1 unspecified atom stereocenters. The summed E-state index contributed by atoms with van der Waals surface area (Å²) >= 11 is 0. The van der Waals surface area contributed by atoms with E-state index in [0.29, 0.717) is 19.8 Å². The van der Waals surface area contributed by atoms with E-state index < -0.39 is 0 Å². The first-order valence-corrected chi connectivity index (χ1v) is 6.03. The van der Waals surface area contributed by atoms with Crippen LogP contribution in [0.25, 0.3) is 0 Å². The molecule has 1 saturated heterocycles. The molecule has 0 saturated carbocycles.